The largest absolute Gasteiger partial charge is 0.318 e. The molecular formula is C3H11N3. The van der Waals surface area contributed by atoms with Crippen molar-refractivity contribution in [2.75, 3.05) is 20.1 Å². The molecule has 3 nitrogen and oxygen atoms in total. The van der Waals surface area contributed by atoms with Crippen molar-refractivity contribution in [2.24, 2.45) is 5.84 Å². The quantitative estimate of drug-likeness (QED) is 0.228. The Morgan fingerprint density at radius 2 is 2.17 bits per heavy atom. The molecule has 4 N–H and O–H groups in total. The van der Waals surface area contributed by atoms with Crippen molar-refractivity contribution >= 4 is 0 Å². The first-order valence-corrected chi connectivity index (χ1v) is 2.00. The van der Waals surface area contributed by atoms with Crippen LogP contribution in [0.1, 0.15) is 0 Å². The molecule has 6 heavy (non-hydrogen) atoms. The molecular weight excluding hydrogens is 78.1 g/mol. The summed E-state index contributed by atoms with van der Waals surface area (Å²) in [7, 11) is 1.89. The molecule has 0 aromatic rings. The minimum atomic E-state index is 0.830. The van der Waals surface area contributed by atoms with E-state index in [1.807, 2.05) is 7.05 Å². The second-order valence-corrected chi connectivity index (χ2v) is 1.06. The molecule has 0 rings (SSSR count). The molecule has 0 bridgehead atoms. The van der Waals surface area contributed by atoms with Gasteiger partial charge in [0.25, 0.3) is 0 Å². The van der Waals surface area contributed by atoms with E-state index in [-0.39, 0.29) is 0 Å². The summed E-state index contributed by atoms with van der Waals surface area (Å²) in [5, 5.41) is 2.93. The zero-order chi connectivity index (χ0) is 4.83. The van der Waals surface area contributed by atoms with E-state index < -0.39 is 0 Å². The van der Waals surface area contributed by atoms with E-state index in [9.17, 15) is 0 Å². The van der Waals surface area contributed by atoms with Gasteiger partial charge in [-0.1, -0.05) is 0 Å². The van der Waals surface area contributed by atoms with Gasteiger partial charge in [0.15, 0.2) is 0 Å². The maximum Gasteiger partial charge on any atom is 0.0223 e. The second kappa shape index (κ2) is 4.88. The Morgan fingerprint density at radius 3 is 2.33 bits per heavy atom. The normalized spacial score (nSPS) is 9.00. The third-order valence-corrected chi connectivity index (χ3v) is 0.519. The van der Waals surface area contributed by atoms with Crippen LogP contribution in [-0.2, 0) is 0 Å². The molecule has 3 heteroatoms. The average Bonchev–Trinajstić information content (AvgIpc) is 1.61. The van der Waals surface area contributed by atoms with Gasteiger partial charge in [-0.2, -0.15) is 0 Å². The van der Waals surface area contributed by atoms with Gasteiger partial charge in [-0.05, 0) is 7.05 Å². The molecule has 0 aliphatic rings. The lowest BCUT2D eigenvalue weighted by molar-refractivity contribution is 0.678. The van der Waals surface area contributed by atoms with E-state index >= 15 is 0 Å². The fraction of sp³-hybridized carbons (Fsp3) is 1.00. The molecule has 0 unspecified atom stereocenters. The van der Waals surface area contributed by atoms with Crippen LogP contribution in [0.3, 0.4) is 0 Å². The zero-order valence-electron chi connectivity index (χ0n) is 3.99. The van der Waals surface area contributed by atoms with Crippen molar-refractivity contribution in [3.8, 4) is 0 Å². The third kappa shape index (κ3) is 3.88. The number of hydrogen-bond donors (Lipinski definition) is 3. The molecule has 0 heterocycles. The van der Waals surface area contributed by atoms with Crippen LogP contribution in [0, 0.1) is 0 Å². The van der Waals surface area contributed by atoms with Crippen LogP contribution in [0.5, 0.6) is 0 Å². The van der Waals surface area contributed by atoms with Crippen LogP contribution in [0.25, 0.3) is 0 Å². The van der Waals surface area contributed by atoms with Crippen LogP contribution >= 0.6 is 0 Å². The number of hydrogen-bond acceptors (Lipinski definition) is 3. The van der Waals surface area contributed by atoms with Crippen LogP contribution < -0.4 is 16.6 Å². The highest BCUT2D eigenvalue weighted by Gasteiger charge is 1.71. The van der Waals surface area contributed by atoms with Crippen LogP contribution in [-0.4, -0.2) is 20.1 Å². The minimum absolute atomic E-state index is 0.830. The van der Waals surface area contributed by atoms with Gasteiger partial charge in [-0.25, -0.2) is 0 Å². The fourth-order valence-electron chi connectivity index (χ4n) is 0.197. The predicted molar refractivity (Wildman–Crippen MR) is 26.1 cm³/mol. The Labute approximate surface area is 37.9 Å². The molecule has 0 aromatic carbocycles. The molecule has 0 saturated carbocycles. The molecule has 0 radical (unpaired) electrons. The molecule has 0 saturated heterocycles. The summed E-state index contributed by atoms with van der Waals surface area (Å²) in [4.78, 5) is 0. The van der Waals surface area contributed by atoms with E-state index in [4.69, 9.17) is 5.84 Å². The minimum Gasteiger partial charge on any atom is -0.318 e. The van der Waals surface area contributed by atoms with E-state index in [1.165, 1.54) is 0 Å². The first-order chi connectivity index (χ1) is 2.91. The lowest BCUT2D eigenvalue weighted by atomic mass is 10.7. The number of nitrogens with one attached hydrogen (secondary N) is 2. The summed E-state index contributed by atoms with van der Waals surface area (Å²) < 4.78 is 0. The lowest BCUT2D eigenvalue weighted by Gasteiger charge is -1.92. The molecule has 0 aromatic heterocycles. The van der Waals surface area contributed by atoms with Crippen molar-refractivity contribution < 1.29 is 0 Å². The second-order valence-electron chi connectivity index (χ2n) is 1.06. The van der Waals surface area contributed by atoms with Crippen molar-refractivity contribution in [1.82, 2.24) is 10.7 Å². The standard InChI is InChI=1S/C3H11N3/c1-5-2-3-6-4/h5-6H,2-4H2,1H3. The maximum atomic E-state index is 4.92. The molecule has 0 aliphatic carbocycles. The number of rotatable bonds is 3. The summed E-state index contributed by atoms with van der Waals surface area (Å²) in [5.41, 5.74) is 2.51. The fourth-order valence-corrected chi connectivity index (χ4v) is 0.197. The summed E-state index contributed by atoms with van der Waals surface area (Å²) in [6.07, 6.45) is 0. The summed E-state index contributed by atoms with van der Waals surface area (Å²) in [6, 6.07) is 0. The Morgan fingerprint density at radius 1 is 1.50 bits per heavy atom. The molecule has 0 spiro atoms. The van der Waals surface area contributed by atoms with Gasteiger partial charge in [-0.15, -0.1) is 0 Å². The lowest BCUT2D eigenvalue weighted by Crippen LogP contribution is -2.29. The summed E-state index contributed by atoms with van der Waals surface area (Å²) in [6.45, 7) is 1.76. The van der Waals surface area contributed by atoms with Gasteiger partial charge in [0.1, 0.15) is 0 Å². The SMILES string of the molecule is CNCCNN. The Kier molecular flexibility index (Phi) is 4.78. The first-order valence-electron chi connectivity index (χ1n) is 2.00. The number of nitrogens with two attached hydrogens (primary N) is 1. The van der Waals surface area contributed by atoms with E-state index in [0.717, 1.165) is 13.1 Å². The van der Waals surface area contributed by atoms with Crippen LogP contribution in [0.2, 0.25) is 0 Å². The van der Waals surface area contributed by atoms with Gasteiger partial charge < -0.3 is 5.32 Å². The Hall–Kier alpha value is -0.120. The van der Waals surface area contributed by atoms with Crippen molar-refractivity contribution in [3.05, 3.63) is 0 Å². The highest BCUT2D eigenvalue weighted by atomic mass is 15.2. The van der Waals surface area contributed by atoms with Gasteiger partial charge in [0.05, 0.1) is 0 Å². The van der Waals surface area contributed by atoms with Crippen LogP contribution in [0.4, 0.5) is 0 Å². The first kappa shape index (κ1) is 5.88. The molecule has 38 valence electrons. The van der Waals surface area contributed by atoms with Gasteiger partial charge in [0.2, 0.25) is 0 Å². The highest BCUT2D eigenvalue weighted by Crippen LogP contribution is 1.42. The molecule has 0 fully saturated rings. The van der Waals surface area contributed by atoms with Crippen molar-refractivity contribution in [3.63, 3.8) is 0 Å². The average molecular weight is 89.1 g/mol. The monoisotopic (exact) mass is 89.1 g/mol. The van der Waals surface area contributed by atoms with Crippen molar-refractivity contribution in [2.45, 2.75) is 0 Å². The smallest absolute Gasteiger partial charge is 0.0223 e. The Balaban J connectivity index is 2.34. The van der Waals surface area contributed by atoms with Gasteiger partial charge >= 0.3 is 0 Å². The predicted octanol–water partition coefficient (Wildman–Crippen LogP) is -1.33. The molecule has 0 atom stereocenters. The van der Waals surface area contributed by atoms with Crippen molar-refractivity contribution in [1.29, 1.82) is 0 Å². The molecule has 0 aliphatic heterocycles. The number of likely N-dealkylation sites (N-methyl/N-ethyl adjacent to an activating group) is 1. The summed E-state index contributed by atoms with van der Waals surface area (Å²) >= 11 is 0. The Bertz CT molecular complexity index is 18.0. The topological polar surface area (TPSA) is 50.1 Å². The zero-order valence-corrected chi connectivity index (χ0v) is 3.99. The van der Waals surface area contributed by atoms with Gasteiger partial charge in [-0.3, -0.25) is 11.3 Å². The summed E-state index contributed by atoms with van der Waals surface area (Å²) in [5.74, 6) is 4.92. The maximum absolute atomic E-state index is 4.92. The third-order valence-electron chi connectivity index (χ3n) is 0.519. The van der Waals surface area contributed by atoms with E-state index in [0.29, 0.717) is 0 Å². The van der Waals surface area contributed by atoms with Gasteiger partial charge in [0, 0.05) is 13.1 Å². The van der Waals surface area contributed by atoms with E-state index in [1.54, 1.807) is 0 Å². The molecule has 0 amide bonds. The highest BCUT2D eigenvalue weighted by molar-refractivity contribution is 4.37. The number of hydrazine groups is 1. The van der Waals surface area contributed by atoms with Crippen LogP contribution in [0.15, 0.2) is 0 Å². The van der Waals surface area contributed by atoms with E-state index in [2.05, 4.69) is 10.7 Å².